The lowest BCUT2D eigenvalue weighted by Gasteiger charge is -2.34. The largest absolute Gasteiger partial charge is 0.494 e. The Bertz CT molecular complexity index is 819. The highest BCUT2D eigenvalue weighted by atomic mass is 32.2. The summed E-state index contributed by atoms with van der Waals surface area (Å²) in [5.41, 5.74) is 1.21. The Labute approximate surface area is 147 Å². The number of nitrogens with zero attached hydrogens (tertiary/aromatic N) is 2. The van der Waals surface area contributed by atoms with Gasteiger partial charge in [-0.2, -0.15) is 4.31 Å². The molecule has 0 aliphatic carbocycles. The first-order valence-corrected chi connectivity index (χ1v) is 9.54. The van der Waals surface area contributed by atoms with E-state index < -0.39 is 15.8 Å². The molecule has 1 fully saturated rings. The molecule has 134 valence electrons. The Kier molecular flexibility index (Phi) is 5.36. The third kappa shape index (κ3) is 4.00. The molecule has 2 aromatic carbocycles. The maximum atomic E-state index is 13.5. The number of sulfonamides is 1. The lowest BCUT2D eigenvalue weighted by Crippen LogP contribution is -2.48. The van der Waals surface area contributed by atoms with E-state index in [0.29, 0.717) is 26.2 Å². The number of hydrogen-bond acceptors (Lipinski definition) is 4. The lowest BCUT2D eigenvalue weighted by atomic mass is 10.2. The molecule has 0 saturated carbocycles. The number of benzene rings is 2. The van der Waals surface area contributed by atoms with Gasteiger partial charge in [0, 0.05) is 38.8 Å². The number of halogens is 1. The number of rotatable bonds is 5. The minimum atomic E-state index is -3.65. The van der Waals surface area contributed by atoms with Crippen molar-refractivity contribution in [2.24, 2.45) is 0 Å². The van der Waals surface area contributed by atoms with E-state index in [2.05, 4.69) is 17.0 Å². The van der Waals surface area contributed by atoms with Crippen LogP contribution in [-0.4, -0.2) is 50.9 Å². The number of piperazine rings is 1. The van der Waals surface area contributed by atoms with Crippen molar-refractivity contribution >= 4 is 10.0 Å². The van der Waals surface area contributed by atoms with Crippen LogP contribution in [0.1, 0.15) is 5.56 Å². The molecule has 25 heavy (non-hydrogen) atoms. The highest BCUT2D eigenvalue weighted by molar-refractivity contribution is 7.89. The molecular weight excluding hydrogens is 343 g/mol. The SMILES string of the molecule is COc1cc(S(=O)(=O)N2CCN(Cc3ccccc3)CC2)ccc1F. The average Bonchev–Trinajstić information content (AvgIpc) is 2.63. The van der Waals surface area contributed by atoms with Crippen molar-refractivity contribution in [1.82, 2.24) is 9.21 Å². The Morgan fingerprint density at radius 3 is 2.36 bits per heavy atom. The first-order chi connectivity index (χ1) is 12.0. The zero-order valence-electron chi connectivity index (χ0n) is 14.1. The molecular formula is C18H21FN2O3S. The molecule has 0 spiro atoms. The summed E-state index contributed by atoms with van der Waals surface area (Å²) < 4.78 is 45.4. The molecule has 0 unspecified atom stereocenters. The third-order valence-electron chi connectivity index (χ3n) is 4.34. The van der Waals surface area contributed by atoms with Crippen LogP contribution in [0.4, 0.5) is 4.39 Å². The van der Waals surface area contributed by atoms with Crippen molar-refractivity contribution in [3.63, 3.8) is 0 Å². The van der Waals surface area contributed by atoms with E-state index in [-0.39, 0.29) is 10.6 Å². The van der Waals surface area contributed by atoms with Gasteiger partial charge in [-0.15, -0.1) is 0 Å². The molecule has 0 bridgehead atoms. The van der Waals surface area contributed by atoms with Crippen molar-refractivity contribution in [2.45, 2.75) is 11.4 Å². The summed E-state index contributed by atoms with van der Waals surface area (Å²) in [5.74, 6) is -0.641. The fourth-order valence-electron chi connectivity index (χ4n) is 2.92. The van der Waals surface area contributed by atoms with Crippen LogP contribution in [0.2, 0.25) is 0 Å². The van der Waals surface area contributed by atoms with Crippen molar-refractivity contribution in [3.05, 3.63) is 59.9 Å². The van der Waals surface area contributed by atoms with Crippen molar-refractivity contribution in [2.75, 3.05) is 33.3 Å². The monoisotopic (exact) mass is 364 g/mol. The average molecular weight is 364 g/mol. The Balaban J connectivity index is 1.67. The number of hydrogen-bond donors (Lipinski definition) is 0. The molecule has 0 amide bonds. The standard InChI is InChI=1S/C18H21FN2O3S/c1-24-18-13-16(7-8-17(18)19)25(22,23)21-11-9-20(10-12-21)14-15-5-3-2-4-6-15/h2-8,13H,9-12,14H2,1H3. The van der Waals surface area contributed by atoms with Crippen molar-refractivity contribution < 1.29 is 17.5 Å². The van der Waals surface area contributed by atoms with E-state index in [9.17, 15) is 12.8 Å². The second-order valence-corrected chi connectivity index (χ2v) is 7.90. The van der Waals surface area contributed by atoms with Gasteiger partial charge in [-0.05, 0) is 17.7 Å². The van der Waals surface area contributed by atoms with Gasteiger partial charge in [-0.3, -0.25) is 4.90 Å². The van der Waals surface area contributed by atoms with Crippen LogP contribution in [0.15, 0.2) is 53.4 Å². The van der Waals surface area contributed by atoms with Crippen LogP contribution >= 0.6 is 0 Å². The van der Waals surface area contributed by atoms with Crippen LogP contribution in [0.3, 0.4) is 0 Å². The smallest absolute Gasteiger partial charge is 0.243 e. The molecule has 1 saturated heterocycles. The van der Waals surface area contributed by atoms with Crippen molar-refractivity contribution in [3.8, 4) is 5.75 Å². The normalized spacial score (nSPS) is 16.7. The second-order valence-electron chi connectivity index (χ2n) is 5.96. The fraction of sp³-hybridized carbons (Fsp3) is 0.333. The minimum Gasteiger partial charge on any atom is -0.494 e. The van der Waals surface area contributed by atoms with E-state index >= 15 is 0 Å². The minimum absolute atomic E-state index is 0.0576. The molecule has 3 rings (SSSR count). The van der Waals surface area contributed by atoms with E-state index in [1.165, 1.54) is 29.1 Å². The van der Waals surface area contributed by atoms with Crippen LogP contribution in [0.5, 0.6) is 5.75 Å². The van der Waals surface area contributed by atoms with Crippen LogP contribution in [0.25, 0.3) is 0 Å². The molecule has 1 aliphatic heterocycles. The zero-order chi connectivity index (χ0) is 17.9. The zero-order valence-corrected chi connectivity index (χ0v) is 14.9. The molecule has 1 aliphatic rings. The van der Waals surface area contributed by atoms with E-state index in [1.54, 1.807) is 0 Å². The van der Waals surface area contributed by atoms with Gasteiger partial charge in [-0.25, -0.2) is 12.8 Å². The van der Waals surface area contributed by atoms with Crippen LogP contribution in [0, 0.1) is 5.82 Å². The Hall–Kier alpha value is -1.96. The fourth-order valence-corrected chi connectivity index (χ4v) is 4.36. The summed E-state index contributed by atoms with van der Waals surface area (Å²) in [6.07, 6.45) is 0. The summed E-state index contributed by atoms with van der Waals surface area (Å²) in [5, 5.41) is 0. The maximum Gasteiger partial charge on any atom is 0.243 e. The van der Waals surface area contributed by atoms with Gasteiger partial charge in [0.25, 0.3) is 0 Å². The molecule has 5 nitrogen and oxygen atoms in total. The van der Waals surface area contributed by atoms with Gasteiger partial charge < -0.3 is 4.74 Å². The summed E-state index contributed by atoms with van der Waals surface area (Å²) in [6, 6.07) is 13.7. The first kappa shape index (κ1) is 17.8. The highest BCUT2D eigenvalue weighted by Crippen LogP contribution is 2.24. The molecule has 1 heterocycles. The molecule has 0 radical (unpaired) electrons. The summed E-state index contributed by atoms with van der Waals surface area (Å²) >= 11 is 0. The number of ether oxygens (including phenoxy) is 1. The molecule has 7 heteroatoms. The quantitative estimate of drug-likeness (QED) is 0.817. The maximum absolute atomic E-state index is 13.5. The van der Waals surface area contributed by atoms with E-state index in [4.69, 9.17) is 4.74 Å². The predicted molar refractivity (Wildman–Crippen MR) is 93.4 cm³/mol. The van der Waals surface area contributed by atoms with Gasteiger partial charge in [0.05, 0.1) is 12.0 Å². The highest BCUT2D eigenvalue weighted by Gasteiger charge is 2.29. The van der Waals surface area contributed by atoms with Gasteiger partial charge in [0.15, 0.2) is 11.6 Å². The summed E-state index contributed by atoms with van der Waals surface area (Å²) in [7, 11) is -2.33. The van der Waals surface area contributed by atoms with Crippen LogP contribution < -0.4 is 4.74 Å². The predicted octanol–water partition coefficient (Wildman–Crippen LogP) is 2.34. The Morgan fingerprint density at radius 2 is 1.72 bits per heavy atom. The van der Waals surface area contributed by atoms with Gasteiger partial charge >= 0.3 is 0 Å². The second kappa shape index (κ2) is 7.51. The topological polar surface area (TPSA) is 49.9 Å². The van der Waals surface area contributed by atoms with Crippen molar-refractivity contribution in [1.29, 1.82) is 0 Å². The lowest BCUT2D eigenvalue weighted by molar-refractivity contribution is 0.181. The molecule has 0 aromatic heterocycles. The first-order valence-electron chi connectivity index (χ1n) is 8.10. The van der Waals surface area contributed by atoms with Gasteiger partial charge in [0.2, 0.25) is 10.0 Å². The van der Waals surface area contributed by atoms with E-state index in [0.717, 1.165) is 12.6 Å². The van der Waals surface area contributed by atoms with E-state index in [1.807, 2.05) is 18.2 Å². The molecule has 0 N–H and O–H groups in total. The number of methoxy groups -OCH3 is 1. The third-order valence-corrected chi connectivity index (χ3v) is 6.24. The van der Waals surface area contributed by atoms with Crippen LogP contribution in [-0.2, 0) is 16.6 Å². The molecule has 2 aromatic rings. The van der Waals surface area contributed by atoms with Gasteiger partial charge in [0.1, 0.15) is 0 Å². The Morgan fingerprint density at radius 1 is 1.04 bits per heavy atom. The summed E-state index contributed by atoms with van der Waals surface area (Å²) in [4.78, 5) is 2.29. The summed E-state index contributed by atoms with van der Waals surface area (Å²) in [6.45, 7) is 2.95. The van der Waals surface area contributed by atoms with Gasteiger partial charge in [-0.1, -0.05) is 30.3 Å². The molecule has 0 atom stereocenters.